The molecular formula is C21H26N4O. The standard InChI is InChI=1S/C21H26N4O/c1-22-9-11-24(12-10-22)21(26)19-13-18-20(23(19)2)16-5-3-4-6-17(16)25(18)14-15-7-8-15/h3-6,13,15H,7-12,14H2,1-2H3. The molecule has 26 heavy (non-hydrogen) atoms. The van der Waals surface area contributed by atoms with Crippen molar-refractivity contribution in [1.29, 1.82) is 0 Å². The Morgan fingerprint density at radius 3 is 2.50 bits per heavy atom. The van der Waals surface area contributed by atoms with Crippen molar-refractivity contribution >= 4 is 27.8 Å². The maximum atomic E-state index is 13.2. The van der Waals surface area contributed by atoms with Gasteiger partial charge in [-0.15, -0.1) is 0 Å². The first-order valence-electron chi connectivity index (χ1n) is 9.68. The summed E-state index contributed by atoms with van der Waals surface area (Å²) in [5.41, 5.74) is 4.50. The Labute approximate surface area is 153 Å². The largest absolute Gasteiger partial charge is 0.339 e. The van der Waals surface area contributed by atoms with Gasteiger partial charge in [-0.1, -0.05) is 18.2 Å². The number of carbonyl (C=O) groups excluding carboxylic acids is 1. The molecule has 0 bridgehead atoms. The second-order valence-electron chi connectivity index (χ2n) is 7.99. The molecular weight excluding hydrogens is 324 g/mol. The Kier molecular flexibility index (Phi) is 3.60. The average Bonchev–Trinajstić information content (AvgIpc) is 3.34. The van der Waals surface area contributed by atoms with E-state index in [-0.39, 0.29) is 5.91 Å². The van der Waals surface area contributed by atoms with E-state index in [1.165, 1.54) is 34.8 Å². The van der Waals surface area contributed by atoms with Gasteiger partial charge in [-0.05, 0) is 37.9 Å². The van der Waals surface area contributed by atoms with E-state index in [2.05, 4.69) is 51.4 Å². The summed E-state index contributed by atoms with van der Waals surface area (Å²) in [5.74, 6) is 0.963. The van der Waals surface area contributed by atoms with Crippen molar-refractivity contribution in [2.45, 2.75) is 19.4 Å². The van der Waals surface area contributed by atoms with Crippen molar-refractivity contribution in [2.24, 2.45) is 13.0 Å². The quantitative estimate of drug-likeness (QED) is 0.728. The molecule has 2 fully saturated rings. The second kappa shape index (κ2) is 5.88. The molecule has 0 radical (unpaired) electrons. The molecule has 5 heteroatoms. The fourth-order valence-corrected chi connectivity index (χ4v) is 4.28. The Morgan fingerprint density at radius 2 is 1.77 bits per heavy atom. The normalized spacial score (nSPS) is 18.9. The molecule has 3 aromatic rings. The number of para-hydroxylation sites is 1. The number of rotatable bonds is 3. The molecule has 2 aromatic heterocycles. The van der Waals surface area contributed by atoms with Crippen LogP contribution in [0.25, 0.3) is 21.9 Å². The van der Waals surface area contributed by atoms with E-state index in [1.54, 1.807) is 0 Å². The predicted molar refractivity (Wildman–Crippen MR) is 105 cm³/mol. The molecule has 0 unspecified atom stereocenters. The summed E-state index contributed by atoms with van der Waals surface area (Å²) >= 11 is 0. The Hall–Kier alpha value is -2.27. The van der Waals surface area contributed by atoms with Crippen LogP contribution in [0.1, 0.15) is 23.3 Å². The van der Waals surface area contributed by atoms with Gasteiger partial charge in [-0.3, -0.25) is 4.79 Å². The number of aromatic nitrogens is 2. The topological polar surface area (TPSA) is 33.4 Å². The SMILES string of the molecule is CN1CCN(C(=O)c2cc3c(c4ccccc4n3CC3CC3)n2C)CC1. The van der Waals surface area contributed by atoms with Crippen LogP contribution in [0.3, 0.4) is 0 Å². The van der Waals surface area contributed by atoms with E-state index in [9.17, 15) is 4.79 Å². The molecule has 0 atom stereocenters. The third-order valence-corrected chi connectivity index (χ3v) is 6.10. The third kappa shape index (κ3) is 2.45. The molecule has 1 aromatic carbocycles. The number of hydrogen-bond donors (Lipinski definition) is 0. The van der Waals surface area contributed by atoms with Crippen molar-refractivity contribution in [3.63, 3.8) is 0 Å². The summed E-state index contributed by atoms with van der Waals surface area (Å²) < 4.78 is 4.55. The van der Waals surface area contributed by atoms with Crippen LogP contribution in [-0.2, 0) is 13.6 Å². The fourth-order valence-electron chi connectivity index (χ4n) is 4.28. The van der Waals surface area contributed by atoms with Gasteiger partial charge in [0, 0.05) is 45.2 Å². The number of aryl methyl sites for hydroxylation is 1. The van der Waals surface area contributed by atoms with E-state index in [1.807, 2.05) is 11.9 Å². The van der Waals surface area contributed by atoms with Crippen LogP contribution in [-0.4, -0.2) is 58.1 Å². The van der Waals surface area contributed by atoms with Crippen LogP contribution in [0, 0.1) is 5.92 Å². The first kappa shape index (κ1) is 15.9. The van der Waals surface area contributed by atoms with E-state index < -0.39 is 0 Å². The van der Waals surface area contributed by atoms with E-state index in [0.717, 1.165) is 44.3 Å². The number of carbonyl (C=O) groups is 1. The summed E-state index contributed by atoms with van der Waals surface area (Å²) in [6.45, 7) is 4.59. The highest BCUT2D eigenvalue weighted by molar-refractivity contribution is 6.10. The smallest absolute Gasteiger partial charge is 0.270 e. The fraction of sp³-hybridized carbons (Fsp3) is 0.476. The van der Waals surface area contributed by atoms with Crippen LogP contribution in [0.5, 0.6) is 0 Å². The van der Waals surface area contributed by atoms with E-state index in [0.29, 0.717) is 0 Å². The van der Waals surface area contributed by atoms with Gasteiger partial charge in [0.25, 0.3) is 5.91 Å². The number of fused-ring (bicyclic) bond motifs is 3. The summed E-state index contributed by atoms with van der Waals surface area (Å²) in [4.78, 5) is 17.4. The third-order valence-electron chi connectivity index (χ3n) is 6.10. The van der Waals surface area contributed by atoms with E-state index in [4.69, 9.17) is 0 Å². The van der Waals surface area contributed by atoms with Gasteiger partial charge >= 0.3 is 0 Å². The Bertz CT molecular complexity index is 986. The average molecular weight is 350 g/mol. The van der Waals surface area contributed by atoms with Crippen molar-refractivity contribution < 1.29 is 4.79 Å². The lowest BCUT2D eigenvalue weighted by Gasteiger charge is -2.32. The van der Waals surface area contributed by atoms with Crippen molar-refractivity contribution in [1.82, 2.24) is 18.9 Å². The summed E-state index contributed by atoms with van der Waals surface area (Å²) in [5, 5.41) is 1.25. The molecule has 136 valence electrons. The first-order valence-corrected chi connectivity index (χ1v) is 9.68. The minimum atomic E-state index is 0.166. The number of likely N-dealkylation sites (N-methyl/N-ethyl adjacent to an activating group) is 1. The highest BCUT2D eigenvalue weighted by Gasteiger charge is 2.28. The molecule has 1 saturated heterocycles. The first-order chi connectivity index (χ1) is 12.6. The predicted octanol–water partition coefficient (Wildman–Crippen LogP) is 2.93. The van der Waals surface area contributed by atoms with E-state index >= 15 is 0 Å². The number of benzene rings is 1. The van der Waals surface area contributed by atoms with Crippen LogP contribution in [0.15, 0.2) is 30.3 Å². The maximum Gasteiger partial charge on any atom is 0.270 e. The zero-order valence-corrected chi connectivity index (χ0v) is 15.6. The van der Waals surface area contributed by atoms with Gasteiger partial charge < -0.3 is 18.9 Å². The zero-order chi connectivity index (χ0) is 17.8. The lowest BCUT2D eigenvalue weighted by molar-refractivity contribution is 0.0655. The number of piperazine rings is 1. The zero-order valence-electron chi connectivity index (χ0n) is 15.6. The van der Waals surface area contributed by atoms with Crippen LogP contribution >= 0.6 is 0 Å². The number of hydrogen-bond acceptors (Lipinski definition) is 2. The minimum absolute atomic E-state index is 0.166. The highest BCUT2D eigenvalue weighted by Crippen LogP contribution is 2.37. The molecule has 1 saturated carbocycles. The number of amides is 1. The molecule has 1 aliphatic heterocycles. The summed E-state index contributed by atoms with van der Waals surface area (Å²) in [6.07, 6.45) is 2.65. The van der Waals surface area contributed by atoms with Gasteiger partial charge in [0.2, 0.25) is 0 Å². The second-order valence-corrected chi connectivity index (χ2v) is 7.99. The van der Waals surface area contributed by atoms with Gasteiger partial charge in [0.1, 0.15) is 5.69 Å². The van der Waals surface area contributed by atoms with Crippen molar-refractivity contribution in [3.05, 3.63) is 36.0 Å². The van der Waals surface area contributed by atoms with Crippen LogP contribution in [0.2, 0.25) is 0 Å². The monoisotopic (exact) mass is 350 g/mol. The molecule has 3 heterocycles. The molecule has 1 amide bonds. The van der Waals surface area contributed by atoms with Crippen molar-refractivity contribution in [3.8, 4) is 0 Å². The summed E-state index contributed by atoms with van der Waals surface area (Å²) in [6, 6.07) is 10.7. The minimum Gasteiger partial charge on any atom is -0.339 e. The van der Waals surface area contributed by atoms with Crippen molar-refractivity contribution in [2.75, 3.05) is 33.2 Å². The molecule has 2 aliphatic rings. The molecule has 5 rings (SSSR count). The van der Waals surface area contributed by atoms with Gasteiger partial charge in [0.15, 0.2) is 0 Å². The summed E-state index contributed by atoms with van der Waals surface area (Å²) in [7, 11) is 4.16. The Balaban J connectivity index is 1.61. The lowest BCUT2D eigenvalue weighted by atomic mass is 10.2. The maximum absolute atomic E-state index is 13.2. The van der Waals surface area contributed by atoms with Crippen LogP contribution < -0.4 is 0 Å². The molecule has 1 aliphatic carbocycles. The lowest BCUT2D eigenvalue weighted by Crippen LogP contribution is -2.47. The van der Waals surface area contributed by atoms with Gasteiger partial charge in [-0.2, -0.15) is 0 Å². The molecule has 5 nitrogen and oxygen atoms in total. The molecule has 0 N–H and O–H groups in total. The highest BCUT2D eigenvalue weighted by atomic mass is 16.2. The molecule has 0 spiro atoms. The van der Waals surface area contributed by atoms with Gasteiger partial charge in [0.05, 0.1) is 16.6 Å². The number of nitrogens with zero attached hydrogens (tertiary/aromatic N) is 4. The van der Waals surface area contributed by atoms with Crippen LogP contribution in [0.4, 0.5) is 0 Å². The Morgan fingerprint density at radius 1 is 1.04 bits per heavy atom. The van der Waals surface area contributed by atoms with Gasteiger partial charge in [-0.25, -0.2) is 0 Å².